The number of hydrogen-bond donors (Lipinski definition) is 1. The molecule has 0 unspecified atom stereocenters. The predicted octanol–water partition coefficient (Wildman–Crippen LogP) is 3.38. The molecule has 3 rings (SSSR count). The number of nitrogens with one attached hydrogen (secondary N) is 1. The fourth-order valence-corrected chi connectivity index (χ4v) is 2.78. The first-order valence-electron chi connectivity index (χ1n) is 7.18. The van der Waals surface area contributed by atoms with Crippen molar-refractivity contribution in [3.05, 3.63) is 58.4 Å². The van der Waals surface area contributed by atoms with Crippen LogP contribution in [0, 0.1) is 0 Å². The number of hydrogen-bond acceptors (Lipinski definition) is 5. The molecule has 2 heterocycles. The SMILES string of the molecule is COc1cccc(-c2cc(CCNC(=O)c3cccs3)no2)c1. The first kappa shape index (κ1) is 15.3. The minimum absolute atomic E-state index is 0.0588. The van der Waals surface area contributed by atoms with Crippen LogP contribution in [-0.2, 0) is 6.42 Å². The lowest BCUT2D eigenvalue weighted by atomic mass is 10.1. The lowest BCUT2D eigenvalue weighted by molar-refractivity contribution is 0.0958. The summed E-state index contributed by atoms with van der Waals surface area (Å²) in [6.45, 7) is 0.515. The van der Waals surface area contributed by atoms with Gasteiger partial charge in [0.15, 0.2) is 5.76 Å². The second-order valence-corrected chi connectivity index (χ2v) is 5.85. The zero-order valence-corrected chi connectivity index (χ0v) is 13.4. The van der Waals surface area contributed by atoms with Gasteiger partial charge >= 0.3 is 0 Å². The van der Waals surface area contributed by atoms with Gasteiger partial charge in [0.05, 0.1) is 17.7 Å². The van der Waals surface area contributed by atoms with Crippen molar-refractivity contribution < 1.29 is 14.1 Å². The van der Waals surface area contributed by atoms with Gasteiger partial charge in [0.1, 0.15) is 5.75 Å². The number of ether oxygens (including phenoxy) is 1. The molecule has 1 N–H and O–H groups in total. The molecule has 118 valence electrons. The zero-order chi connectivity index (χ0) is 16.1. The van der Waals surface area contributed by atoms with Crippen molar-refractivity contribution in [1.82, 2.24) is 10.5 Å². The van der Waals surface area contributed by atoms with Gasteiger partial charge in [0.2, 0.25) is 0 Å². The van der Waals surface area contributed by atoms with Crippen LogP contribution < -0.4 is 10.1 Å². The number of carbonyl (C=O) groups excluding carboxylic acids is 1. The van der Waals surface area contributed by atoms with Crippen LogP contribution in [0.3, 0.4) is 0 Å². The number of rotatable bonds is 6. The molecule has 0 saturated carbocycles. The van der Waals surface area contributed by atoms with Crippen LogP contribution in [0.15, 0.2) is 52.4 Å². The summed E-state index contributed by atoms with van der Waals surface area (Å²) >= 11 is 1.42. The van der Waals surface area contributed by atoms with Crippen LogP contribution in [-0.4, -0.2) is 24.7 Å². The van der Waals surface area contributed by atoms with Crippen LogP contribution in [0.25, 0.3) is 11.3 Å². The summed E-state index contributed by atoms with van der Waals surface area (Å²) in [6, 6.07) is 13.1. The van der Waals surface area contributed by atoms with Crippen molar-refractivity contribution in [3.63, 3.8) is 0 Å². The third kappa shape index (κ3) is 3.78. The van der Waals surface area contributed by atoms with E-state index in [4.69, 9.17) is 9.26 Å². The van der Waals surface area contributed by atoms with Gasteiger partial charge in [-0.3, -0.25) is 4.79 Å². The van der Waals surface area contributed by atoms with E-state index < -0.39 is 0 Å². The molecule has 1 aromatic carbocycles. The predicted molar refractivity (Wildman–Crippen MR) is 88.8 cm³/mol. The van der Waals surface area contributed by atoms with E-state index >= 15 is 0 Å². The van der Waals surface area contributed by atoms with E-state index in [-0.39, 0.29) is 5.91 Å². The summed E-state index contributed by atoms with van der Waals surface area (Å²) in [5.74, 6) is 1.39. The number of carbonyl (C=O) groups is 1. The Morgan fingerprint density at radius 2 is 2.22 bits per heavy atom. The molecule has 2 aromatic heterocycles. The Hall–Kier alpha value is -2.60. The van der Waals surface area contributed by atoms with Gasteiger partial charge in [0.25, 0.3) is 5.91 Å². The van der Waals surface area contributed by atoms with Crippen molar-refractivity contribution >= 4 is 17.2 Å². The Morgan fingerprint density at radius 3 is 3.00 bits per heavy atom. The van der Waals surface area contributed by atoms with Crippen molar-refractivity contribution in [2.24, 2.45) is 0 Å². The number of nitrogens with zero attached hydrogens (tertiary/aromatic N) is 1. The molecule has 6 heteroatoms. The largest absolute Gasteiger partial charge is 0.497 e. The Bertz CT molecular complexity index is 781. The molecule has 3 aromatic rings. The van der Waals surface area contributed by atoms with Gasteiger partial charge < -0.3 is 14.6 Å². The lowest BCUT2D eigenvalue weighted by Gasteiger charge is -2.01. The molecular weight excluding hydrogens is 312 g/mol. The fourth-order valence-electron chi connectivity index (χ4n) is 2.14. The highest BCUT2D eigenvalue weighted by molar-refractivity contribution is 7.12. The summed E-state index contributed by atoms with van der Waals surface area (Å²) in [5, 5.41) is 8.80. The maximum Gasteiger partial charge on any atom is 0.261 e. The smallest absolute Gasteiger partial charge is 0.261 e. The molecule has 23 heavy (non-hydrogen) atoms. The number of amides is 1. The summed E-state index contributed by atoms with van der Waals surface area (Å²) in [6.07, 6.45) is 0.616. The minimum atomic E-state index is -0.0588. The molecule has 0 fully saturated rings. The quantitative estimate of drug-likeness (QED) is 0.753. The van der Waals surface area contributed by atoms with E-state index in [1.165, 1.54) is 11.3 Å². The average Bonchev–Trinajstić information content (AvgIpc) is 3.26. The topological polar surface area (TPSA) is 64.4 Å². The van der Waals surface area contributed by atoms with Crippen molar-refractivity contribution in [2.45, 2.75) is 6.42 Å². The lowest BCUT2D eigenvalue weighted by Crippen LogP contribution is -2.24. The Morgan fingerprint density at radius 1 is 1.30 bits per heavy atom. The fraction of sp³-hybridized carbons (Fsp3) is 0.176. The molecule has 0 bridgehead atoms. The maximum absolute atomic E-state index is 11.8. The van der Waals surface area contributed by atoms with Gasteiger partial charge in [0, 0.05) is 24.6 Å². The highest BCUT2D eigenvalue weighted by Crippen LogP contribution is 2.24. The van der Waals surface area contributed by atoms with E-state index in [0.717, 1.165) is 17.0 Å². The summed E-state index contributed by atoms with van der Waals surface area (Å²) in [7, 11) is 1.63. The second-order valence-electron chi connectivity index (χ2n) is 4.90. The van der Waals surface area contributed by atoms with Crippen LogP contribution in [0.4, 0.5) is 0 Å². The monoisotopic (exact) mass is 328 g/mol. The van der Waals surface area contributed by atoms with Crippen molar-refractivity contribution in [2.75, 3.05) is 13.7 Å². The average molecular weight is 328 g/mol. The highest BCUT2D eigenvalue weighted by Gasteiger charge is 2.09. The number of thiophene rings is 1. The van der Waals surface area contributed by atoms with E-state index in [1.807, 2.05) is 41.8 Å². The van der Waals surface area contributed by atoms with E-state index in [1.54, 1.807) is 13.2 Å². The number of aromatic nitrogens is 1. The first-order valence-corrected chi connectivity index (χ1v) is 8.06. The zero-order valence-electron chi connectivity index (χ0n) is 12.6. The van der Waals surface area contributed by atoms with Gasteiger partial charge in [-0.25, -0.2) is 0 Å². The van der Waals surface area contributed by atoms with E-state index in [9.17, 15) is 4.79 Å². The van der Waals surface area contributed by atoms with Crippen LogP contribution in [0.1, 0.15) is 15.4 Å². The van der Waals surface area contributed by atoms with Crippen LogP contribution >= 0.6 is 11.3 Å². The molecule has 0 radical (unpaired) electrons. The van der Waals surface area contributed by atoms with Gasteiger partial charge in [-0.2, -0.15) is 0 Å². The first-order chi connectivity index (χ1) is 11.3. The Kier molecular flexibility index (Phi) is 4.73. The molecule has 0 aliphatic carbocycles. The minimum Gasteiger partial charge on any atom is -0.497 e. The van der Waals surface area contributed by atoms with E-state index in [0.29, 0.717) is 23.6 Å². The van der Waals surface area contributed by atoms with Gasteiger partial charge in [-0.1, -0.05) is 23.4 Å². The summed E-state index contributed by atoms with van der Waals surface area (Å²) in [5.41, 5.74) is 1.71. The maximum atomic E-state index is 11.8. The van der Waals surface area contributed by atoms with Gasteiger partial charge in [-0.15, -0.1) is 11.3 Å². The van der Waals surface area contributed by atoms with Crippen LogP contribution in [0.5, 0.6) is 5.75 Å². The second kappa shape index (κ2) is 7.11. The number of benzene rings is 1. The van der Waals surface area contributed by atoms with Crippen LogP contribution in [0.2, 0.25) is 0 Å². The van der Waals surface area contributed by atoms with Crippen molar-refractivity contribution in [3.8, 4) is 17.1 Å². The molecule has 0 atom stereocenters. The Balaban J connectivity index is 1.58. The number of methoxy groups -OCH3 is 1. The molecule has 0 aliphatic rings. The summed E-state index contributed by atoms with van der Waals surface area (Å²) < 4.78 is 10.6. The van der Waals surface area contributed by atoms with Crippen molar-refractivity contribution in [1.29, 1.82) is 0 Å². The highest BCUT2D eigenvalue weighted by atomic mass is 32.1. The molecule has 0 saturated heterocycles. The normalized spacial score (nSPS) is 10.5. The molecule has 1 amide bonds. The van der Waals surface area contributed by atoms with Gasteiger partial charge in [-0.05, 0) is 23.6 Å². The Labute approximate surface area is 137 Å². The molecule has 0 aliphatic heterocycles. The summed E-state index contributed by atoms with van der Waals surface area (Å²) in [4.78, 5) is 12.5. The standard InChI is InChI=1S/C17H16N2O3S/c1-21-14-5-2-4-12(10-14)15-11-13(19-22-15)7-8-18-17(20)16-6-3-9-23-16/h2-6,9-11H,7-8H2,1H3,(H,18,20). The third-order valence-corrected chi connectivity index (χ3v) is 4.19. The molecule has 5 nitrogen and oxygen atoms in total. The molecular formula is C17H16N2O3S. The molecule has 0 spiro atoms. The third-order valence-electron chi connectivity index (χ3n) is 3.32. The van der Waals surface area contributed by atoms with E-state index in [2.05, 4.69) is 10.5 Å².